The Morgan fingerprint density at radius 3 is 2.24 bits per heavy atom. The van der Waals surface area contributed by atoms with E-state index in [1.165, 1.54) is 44.2 Å². The van der Waals surface area contributed by atoms with Crippen LogP contribution in [0.15, 0.2) is 42.5 Å². The fourth-order valence-electron chi connectivity index (χ4n) is 4.17. The van der Waals surface area contributed by atoms with Gasteiger partial charge in [-0.3, -0.25) is 4.79 Å². The molecule has 2 aromatic rings. The zero-order valence-corrected chi connectivity index (χ0v) is 17.1. The number of nitrogens with zero attached hydrogens (tertiary/aromatic N) is 1. The van der Waals surface area contributed by atoms with Crippen LogP contribution in [0, 0.1) is 5.92 Å². The largest absolute Gasteiger partial charge is 0.507 e. The summed E-state index contributed by atoms with van der Waals surface area (Å²) in [5, 5.41) is 19.9. The van der Waals surface area contributed by atoms with E-state index in [2.05, 4.69) is 18.7 Å². The molecule has 1 fully saturated rings. The maximum Gasteiger partial charge on any atom is 0.336 e. The molecule has 1 aliphatic carbocycles. The van der Waals surface area contributed by atoms with Gasteiger partial charge in [-0.15, -0.1) is 0 Å². The molecule has 0 spiro atoms. The van der Waals surface area contributed by atoms with Crippen LogP contribution in [0.2, 0.25) is 0 Å². The van der Waals surface area contributed by atoms with Gasteiger partial charge in [-0.1, -0.05) is 37.5 Å². The van der Waals surface area contributed by atoms with Crippen molar-refractivity contribution < 1.29 is 19.8 Å². The molecule has 2 N–H and O–H groups in total. The topological polar surface area (TPSA) is 77.8 Å². The molecule has 0 saturated heterocycles. The van der Waals surface area contributed by atoms with Gasteiger partial charge in [0.15, 0.2) is 5.78 Å². The normalized spacial score (nSPS) is 14.7. The lowest BCUT2D eigenvalue weighted by molar-refractivity contribution is 0.0692. The Morgan fingerprint density at radius 1 is 1.00 bits per heavy atom. The van der Waals surface area contributed by atoms with Gasteiger partial charge in [0.2, 0.25) is 0 Å². The number of carbonyl (C=O) groups excluding carboxylic acids is 1. The Hall–Kier alpha value is -2.82. The highest BCUT2D eigenvalue weighted by atomic mass is 16.4. The zero-order valence-electron chi connectivity index (χ0n) is 17.1. The summed E-state index contributed by atoms with van der Waals surface area (Å²) >= 11 is 0. The van der Waals surface area contributed by atoms with E-state index in [0.717, 1.165) is 12.2 Å². The fourth-order valence-corrected chi connectivity index (χ4v) is 4.17. The number of aromatic carboxylic acids is 1. The molecule has 5 heteroatoms. The van der Waals surface area contributed by atoms with Gasteiger partial charge in [0.1, 0.15) is 5.75 Å². The molecule has 5 nitrogen and oxygen atoms in total. The van der Waals surface area contributed by atoms with Gasteiger partial charge in [-0.2, -0.15) is 0 Å². The van der Waals surface area contributed by atoms with Crippen molar-refractivity contribution in [1.29, 1.82) is 0 Å². The lowest BCUT2D eigenvalue weighted by atomic mass is 9.88. The van der Waals surface area contributed by atoms with Crippen molar-refractivity contribution in [3.05, 3.63) is 59.2 Å². The molecule has 29 heavy (non-hydrogen) atoms. The third-order valence-electron chi connectivity index (χ3n) is 5.76. The first-order chi connectivity index (χ1) is 13.9. The van der Waals surface area contributed by atoms with Crippen LogP contribution in [0.3, 0.4) is 0 Å². The Labute approximate surface area is 172 Å². The number of aromatic hydroxyl groups is 1. The van der Waals surface area contributed by atoms with Crippen molar-refractivity contribution in [2.75, 3.05) is 11.4 Å². The molecule has 0 unspecified atom stereocenters. The van der Waals surface area contributed by atoms with E-state index in [4.69, 9.17) is 0 Å². The van der Waals surface area contributed by atoms with Crippen molar-refractivity contribution in [1.82, 2.24) is 0 Å². The highest BCUT2D eigenvalue weighted by Gasteiger charge is 2.23. The monoisotopic (exact) mass is 395 g/mol. The number of carboxylic acids is 1. The van der Waals surface area contributed by atoms with Crippen molar-refractivity contribution in [2.24, 2.45) is 5.92 Å². The lowest BCUT2D eigenvalue weighted by Crippen LogP contribution is -2.36. The number of phenols is 1. The van der Waals surface area contributed by atoms with Gasteiger partial charge in [-0.05, 0) is 50.8 Å². The number of anilines is 1. The van der Waals surface area contributed by atoms with Gasteiger partial charge in [-0.25, -0.2) is 4.79 Å². The van der Waals surface area contributed by atoms with Crippen LogP contribution in [0.5, 0.6) is 5.75 Å². The number of ketones is 1. The van der Waals surface area contributed by atoms with Crippen LogP contribution in [0.4, 0.5) is 5.69 Å². The van der Waals surface area contributed by atoms with E-state index in [0.29, 0.717) is 5.92 Å². The second-order valence-electron chi connectivity index (χ2n) is 8.13. The average Bonchev–Trinajstić information content (AvgIpc) is 2.72. The minimum atomic E-state index is -1.16. The van der Waals surface area contributed by atoms with Crippen LogP contribution >= 0.6 is 0 Å². The molecule has 2 aromatic carbocycles. The fraction of sp³-hybridized carbons (Fsp3) is 0.417. The highest BCUT2D eigenvalue weighted by Crippen LogP contribution is 2.31. The maximum atomic E-state index is 12.9. The Bertz CT molecular complexity index is 884. The van der Waals surface area contributed by atoms with Crippen molar-refractivity contribution >= 4 is 17.4 Å². The number of carbonyl (C=O) groups is 2. The summed E-state index contributed by atoms with van der Waals surface area (Å²) in [4.78, 5) is 26.6. The number of rotatable bonds is 7. The molecule has 1 aliphatic rings. The van der Waals surface area contributed by atoms with Gasteiger partial charge in [0.25, 0.3) is 0 Å². The SMILES string of the molecule is CC(C)N(CC1CCCCC1)c1ccc(C(=O)c2ccccc2C(=O)O)c(O)c1. The third-order valence-corrected chi connectivity index (χ3v) is 5.76. The molecular formula is C24H29NO4. The molecule has 154 valence electrons. The van der Waals surface area contributed by atoms with E-state index in [1.54, 1.807) is 24.3 Å². The van der Waals surface area contributed by atoms with Gasteiger partial charge >= 0.3 is 5.97 Å². The van der Waals surface area contributed by atoms with Crippen LogP contribution in [-0.4, -0.2) is 34.6 Å². The minimum Gasteiger partial charge on any atom is -0.507 e. The van der Waals surface area contributed by atoms with Gasteiger partial charge in [0.05, 0.1) is 11.1 Å². The smallest absolute Gasteiger partial charge is 0.336 e. The molecule has 0 atom stereocenters. The molecule has 0 amide bonds. The molecule has 1 saturated carbocycles. The maximum absolute atomic E-state index is 12.9. The summed E-state index contributed by atoms with van der Waals surface area (Å²) in [5.41, 5.74) is 1.00. The lowest BCUT2D eigenvalue weighted by Gasteiger charge is -2.34. The second kappa shape index (κ2) is 9.12. The molecule has 0 aliphatic heterocycles. The van der Waals surface area contributed by atoms with Crippen LogP contribution in [0.1, 0.15) is 72.2 Å². The highest BCUT2D eigenvalue weighted by molar-refractivity contribution is 6.15. The molecule has 0 aromatic heterocycles. The summed E-state index contributed by atoms with van der Waals surface area (Å²) in [5.74, 6) is -1.13. The number of benzene rings is 2. The van der Waals surface area contributed by atoms with E-state index in [-0.39, 0.29) is 28.5 Å². The average molecular weight is 395 g/mol. The molecular weight excluding hydrogens is 366 g/mol. The van der Waals surface area contributed by atoms with Crippen LogP contribution < -0.4 is 4.90 Å². The van der Waals surface area contributed by atoms with Crippen molar-refractivity contribution in [2.45, 2.75) is 52.0 Å². The van der Waals surface area contributed by atoms with E-state index in [9.17, 15) is 19.8 Å². The number of hydrogen-bond acceptors (Lipinski definition) is 4. The van der Waals surface area contributed by atoms with Crippen LogP contribution in [-0.2, 0) is 0 Å². The van der Waals surface area contributed by atoms with Crippen molar-refractivity contribution in [3.8, 4) is 5.75 Å². The zero-order chi connectivity index (χ0) is 21.0. The second-order valence-corrected chi connectivity index (χ2v) is 8.13. The number of carboxylic acid groups (broad SMARTS) is 1. The third kappa shape index (κ3) is 4.78. The predicted molar refractivity (Wildman–Crippen MR) is 114 cm³/mol. The summed E-state index contributed by atoms with van der Waals surface area (Å²) in [6, 6.07) is 11.4. The van der Waals surface area contributed by atoms with E-state index < -0.39 is 11.8 Å². The molecule has 0 radical (unpaired) electrons. The van der Waals surface area contributed by atoms with E-state index >= 15 is 0 Å². The molecule has 3 rings (SSSR count). The summed E-state index contributed by atoms with van der Waals surface area (Å²) in [6.07, 6.45) is 6.33. The number of phenolic OH excluding ortho intramolecular Hbond substituents is 1. The Kier molecular flexibility index (Phi) is 6.57. The minimum absolute atomic E-state index is 0.0675. The summed E-state index contributed by atoms with van der Waals surface area (Å²) in [7, 11) is 0. The first-order valence-electron chi connectivity index (χ1n) is 10.3. The standard InChI is InChI=1S/C24H29NO4/c1-16(2)25(15-17-8-4-3-5-9-17)18-12-13-21(22(26)14-18)23(27)19-10-6-7-11-20(19)24(28)29/h6-7,10-14,16-17,26H,3-5,8-9,15H2,1-2H3,(H,28,29). The van der Waals surface area contributed by atoms with E-state index in [1.807, 2.05) is 6.07 Å². The quantitative estimate of drug-likeness (QED) is 0.637. The van der Waals surface area contributed by atoms with Gasteiger partial charge < -0.3 is 15.1 Å². The predicted octanol–water partition coefficient (Wildman–Crippen LogP) is 5.12. The van der Waals surface area contributed by atoms with Crippen molar-refractivity contribution in [3.63, 3.8) is 0 Å². The number of hydrogen-bond donors (Lipinski definition) is 2. The summed E-state index contributed by atoms with van der Waals surface area (Å²) < 4.78 is 0. The Balaban J connectivity index is 1.87. The first-order valence-corrected chi connectivity index (χ1v) is 10.3. The molecule has 0 heterocycles. The van der Waals surface area contributed by atoms with Crippen LogP contribution in [0.25, 0.3) is 0 Å². The summed E-state index contributed by atoms with van der Waals surface area (Å²) in [6.45, 7) is 5.19. The Morgan fingerprint density at radius 2 is 1.66 bits per heavy atom. The van der Waals surface area contributed by atoms with Gasteiger partial charge in [0, 0.05) is 29.9 Å². The first kappa shape index (κ1) is 20.9. The molecule has 0 bridgehead atoms.